The smallest absolute Gasteiger partial charge is 0.303 e. The SMILES string of the molecule is CC(=O)O[C@@H]1[C@@H](OC(C)=O)[C@H](SCc2ccccc2I)OC[C@H]1O[C@@H]1OC[C@@H](OC(C)=O)[C@H](OC(C)=O)[C@H]1OC(C)=O. The van der Waals surface area contributed by atoms with Gasteiger partial charge in [0.1, 0.15) is 11.5 Å². The monoisotopic (exact) mass is 724 g/mol. The highest BCUT2D eigenvalue weighted by molar-refractivity contribution is 14.1. The molecule has 3 rings (SSSR count). The molecular formula is C27H33IO13S. The first-order valence-electron chi connectivity index (χ1n) is 13.0. The van der Waals surface area contributed by atoms with E-state index in [4.69, 9.17) is 37.9 Å². The van der Waals surface area contributed by atoms with Crippen LogP contribution in [0.15, 0.2) is 24.3 Å². The van der Waals surface area contributed by atoms with Crippen molar-refractivity contribution >= 4 is 64.2 Å². The summed E-state index contributed by atoms with van der Waals surface area (Å²) in [6.07, 6.45) is -8.41. The van der Waals surface area contributed by atoms with Crippen molar-refractivity contribution in [3.8, 4) is 0 Å². The minimum absolute atomic E-state index is 0.127. The van der Waals surface area contributed by atoms with E-state index in [9.17, 15) is 24.0 Å². The molecular weight excluding hydrogens is 691 g/mol. The third-order valence-electron chi connectivity index (χ3n) is 5.96. The number of carbonyl (C=O) groups excluding carboxylic acids is 5. The summed E-state index contributed by atoms with van der Waals surface area (Å²) in [6.45, 7) is 5.46. The number of rotatable bonds is 10. The number of benzene rings is 1. The lowest BCUT2D eigenvalue weighted by Crippen LogP contribution is -2.62. The van der Waals surface area contributed by atoms with Gasteiger partial charge in [0.05, 0.1) is 13.2 Å². The van der Waals surface area contributed by atoms with Gasteiger partial charge in [0, 0.05) is 43.9 Å². The van der Waals surface area contributed by atoms with Gasteiger partial charge in [-0.25, -0.2) is 0 Å². The molecule has 2 saturated heterocycles. The van der Waals surface area contributed by atoms with Crippen LogP contribution in [-0.4, -0.2) is 91.4 Å². The molecule has 2 fully saturated rings. The van der Waals surface area contributed by atoms with Crippen LogP contribution >= 0.6 is 34.4 Å². The van der Waals surface area contributed by atoms with Crippen molar-refractivity contribution in [2.45, 2.75) is 88.7 Å². The summed E-state index contributed by atoms with van der Waals surface area (Å²) in [7, 11) is 0. The molecule has 15 heteroatoms. The highest BCUT2D eigenvalue weighted by Gasteiger charge is 2.52. The van der Waals surface area contributed by atoms with E-state index in [0.29, 0.717) is 5.75 Å². The van der Waals surface area contributed by atoms with Crippen LogP contribution in [0.4, 0.5) is 0 Å². The minimum atomic E-state index is -1.37. The van der Waals surface area contributed by atoms with Gasteiger partial charge in [-0.1, -0.05) is 18.2 Å². The number of carbonyl (C=O) groups is 5. The predicted octanol–water partition coefficient (Wildman–Crippen LogP) is 2.28. The van der Waals surface area contributed by atoms with Crippen LogP contribution < -0.4 is 0 Å². The summed E-state index contributed by atoms with van der Waals surface area (Å²) in [5.41, 5.74) is 0.308. The van der Waals surface area contributed by atoms with Crippen molar-refractivity contribution in [3.05, 3.63) is 33.4 Å². The quantitative estimate of drug-likeness (QED) is 0.197. The molecule has 0 N–H and O–H groups in total. The van der Waals surface area contributed by atoms with Crippen molar-refractivity contribution in [1.82, 2.24) is 0 Å². The normalized spacial score (nSPS) is 29.1. The lowest BCUT2D eigenvalue weighted by Gasteiger charge is -2.44. The summed E-state index contributed by atoms with van der Waals surface area (Å²) >= 11 is 3.58. The second-order valence-electron chi connectivity index (χ2n) is 9.42. The van der Waals surface area contributed by atoms with Gasteiger partial charge in [-0.2, -0.15) is 0 Å². The van der Waals surface area contributed by atoms with Gasteiger partial charge in [-0.15, -0.1) is 11.8 Å². The molecule has 0 aliphatic carbocycles. The Hall–Kier alpha value is -2.47. The molecule has 8 atom stereocenters. The Morgan fingerprint density at radius 2 is 1.21 bits per heavy atom. The maximum absolute atomic E-state index is 12.2. The molecule has 42 heavy (non-hydrogen) atoms. The van der Waals surface area contributed by atoms with Crippen LogP contribution in [0, 0.1) is 3.57 Å². The van der Waals surface area contributed by atoms with E-state index in [1.807, 2.05) is 24.3 Å². The van der Waals surface area contributed by atoms with Crippen LogP contribution in [0.3, 0.4) is 0 Å². The Kier molecular flexibility index (Phi) is 12.8. The number of thioether (sulfide) groups is 1. The molecule has 0 spiro atoms. The number of ether oxygens (including phenoxy) is 8. The molecule has 0 amide bonds. The van der Waals surface area contributed by atoms with Crippen LogP contribution in [0.5, 0.6) is 0 Å². The Bertz CT molecular complexity index is 1150. The van der Waals surface area contributed by atoms with E-state index in [2.05, 4.69) is 22.6 Å². The summed E-state index contributed by atoms with van der Waals surface area (Å²) < 4.78 is 46.2. The van der Waals surface area contributed by atoms with Gasteiger partial charge in [-0.05, 0) is 34.2 Å². The molecule has 2 heterocycles. The topological polar surface area (TPSA) is 159 Å². The third-order valence-corrected chi connectivity index (χ3v) is 8.22. The van der Waals surface area contributed by atoms with Crippen molar-refractivity contribution in [2.75, 3.05) is 13.2 Å². The van der Waals surface area contributed by atoms with Crippen LogP contribution in [0.25, 0.3) is 0 Å². The number of esters is 5. The van der Waals surface area contributed by atoms with Gasteiger partial charge >= 0.3 is 29.8 Å². The summed E-state index contributed by atoms with van der Waals surface area (Å²) in [5, 5.41) is 0. The molecule has 2 aliphatic heterocycles. The van der Waals surface area contributed by atoms with Gasteiger partial charge in [-0.3, -0.25) is 24.0 Å². The molecule has 0 aromatic heterocycles. The van der Waals surface area contributed by atoms with Gasteiger partial charge in [0.2, 0.25) is 0 Å². The Balaban J connectivity index is 1.87. The number of hydrogen-bond acceptors (Lipinski definition) is 14. The van der Waals surface area contributed by atoms with E-state index in [-0.39, 0.29) is 13.2 Å². The first kappa shape index (κ1) is 34.0. The average Bonchev–Trinajstić information content (AvgIpc) is 2.88. The molecule has 0 bridgehead atoms. The summed E-state index contributed by atoms with van der Waals surface area (Å²) in [5.74, 6) is -2.93. The Morgan fingerprint density at radius 1 is 0.714 bits per heavy atom. The second kappa shape index (κ2) is 15.8. The fraction of sp³-hybridized carbons (Fsp3) is 0.593. The van der Waals surface area contributed by atoms with Crippen molar-refractivity contribution in [1.29, 1.82) is 0 Å². The van der Waals surface area contributed by atoms with E-state index in [1.54, 1.807) is 0 Å². The lowest BCUT2D eigenvalue weighted by molar-refractivity contribution is -0.312. The second-order valence-corrected chi connectivity index (χ2v) is 11.7. The molecule has 0 unspecified atom stereocenters. The summed E-state index contributed by atoms with van der Waals surface area (Å²) in [4.78, 5) is 59.9. The predicted molar refractivity (Wildman–Crippen MR) is 153 cm³/mol. The highest BCUT2D eigenvalue weighted by atomic mass is 127. The van der Waals surface area contributed by atoms with E-state index < -0.39 is 78.2 Å². The molecule has 1 aromatic carbocycles. The maximum atomic E-state index is 12.2. The molecule has 13 nitrogen and oxygen atoms in total. The number of hydrogen-bond donors (Lipinski definition) is 0. The maximum Gasteiger partial charge on any atom is 0.303 e. The van der Waals surface area contributed by atoms with Gasteiger partial charge in [0.15, 0.2) is 36.8 Å². The fourth-order valence-corrected chi connectivity index (χ4v) is 6.45. The largest absolute Gasteiger partial charge is 0.456 e. The third kappa shape index (κ3) is 9.79. The average molecular weight is 725 g/mol. The van der Waals surface area contributed by atoms with Crippen LogP contribution in [0.1, 0.15) is 40.2 Å². The summed E-state index contributed by atoms with van der Waals surface area (Å²) in [6, 6.07) is 7.76. The minimum Gasteiger partial charge on any atom is -0.456 e. The van der Waals surface area contributed by atoms with Crippen molar-refractivity contribution in [2.24, 2.45) is 0 Å². The Labute approximate surface area is 260 Å². The fourth-order valence-electron chi connectivity index (χ4n) is 4.44. The van der Waals surface area contributed by atoms with E-state index in [1.165, 1.54) is 32.5 Å². The molecule has 232 valence electrons. The van der Waals surface area contributed by atoms with Gasteiger partial charge in [0.25, 0.3) is 0 Å². The first-order valence-corrected chi connectivity index (χ1v) is 15.1. The van der Waals surface area contributed by atoms with E-state index in [0.717, 1.165) is 23.0 Å². The first-order chi connectivity index (χ1) is 19.8. The highest BCUT2D eigenvalue weighted by Crippen LogP contribution is 2.35. The standard InChI is InChI=1S/C27H33IO13S/c1-13(29)36-20-10-34-26(24(39-16(4)32)22(20)37-14(2)30)41-21-11-35-27(42-12-18-8-6-7-9-19(18)28)25(40-17(5)33)23(21)38-15(3)31/h6-9,20-27H,10-12H2,1-5H3/t20-,21-,22+,23+,24-,25-,26+,27+/m1/s1. The lowest BCUT2D eigenvalue weighted by atomic mass is 10.0. The van der Waals surface area contributed by atoms with Crippen LogP contribution in [-0.2, 0) is 67.6 Å². The molecule has 1 aromatic rings. The molecule has 0 saturated carbocycles. The van der Waals surface area contributed by atoms with Crippen molar-refractivity contribution < 1.29 is 61.9 Å². The zero-order valence-corrected chi connectivity index (χ0v) is 26.6. The zero-order chi connectivity index (χ0) is 31.0. The van der Waals surface area contributed by atoms with Gasteiger partial charge < -0.3 is 37.9 Å². The van der Waals surface area contributed by atoms with E-state index >= 15 is 0 Å². The van der Waals surface area contributed by atoms with Crippen LogP contribution in [0.2, 0.25) is 0 Å². The zero-order valence-electron chi connectivity index (χ0n) is 23.6. The van der Waals surface area contributed by atoms with Crippen molar-refractivity contribution in [3.63, 3.8) is 0 Å². The number of halogens is 1. The molecule has 2 aliphatic rings. The Morgan fingerprint density at radius 3 is 1.79 bits per heavy atom. The molecule has 0 radical (unpaired) electrons.